The van der Waals surface area contributed by atoms with Crippen LogP contribution in [0.4, 0.5) is 5.69 Å². The van der Waals surface area contributed by atoms with E-state index in [9.17, 15) is 4.79 Å². The molecule has 0 aliphatic heterocycles. The highest BCUT2D eigenvalue weighted by molar-refractivity contribution is 6.37. The van der Waals surface area contributed by atoms with Crippen LogP contribution in [0.1, 0.15) is 28.4 Å². The predicted octanol–water partition coefficient (Wildman–Crippen LogP) is 5.74. The van der Waals surface area contributed by atoms with Crippen molar-refractivity contribution in [3.8, 4) is 5.75 Å². The lowest BCUT2D eigenvalue weighted by atomic mass is 10.1. The summed E-state index contributed by atoms with van der Waals surface area (Å²) in [6, 6.07) is 20.6. The minimum Gasteiger partial charge on any atom is -0.489 e. The van der Waals surface area contributed by atoms with Gasteiger partial charge in [-0.25, -0.2) is 0 Å². The van der Waals surface area contributed by atoms with E-state index in [1.165, 1.54) is 5.56 Å². The fourth-order valence-corrected chi connectivity index (χ4v) is 3.53. The van der Waals surface area contributed by atoms with Crippen molar-refractivity contribution in [1.82, 2.24) is 0 Å². The number of ether oxygens (including phenoxy) is 1. The molecule has 30 heavy (non-hydrogen) atoms. The summed E-state index contributed by atoms with van der Waals surface area (Å²) in [6.45, 7) is 3.30. The first kappa shape index (κ1) is 22.2. The van der Waals surface area contributed by atoms with Gasteiger partial charge in [0.25, 0.3) is 5.91 Å². The third-order valence-electron chi connectivity index (χ3n) is 4.74. The molecule has 0 unspecified atom stereocenters. The molecule has 2 N–H and O–H groups in total. The number of amides is 1. The number of halogens is 2. The quantitative estimate of drug-likeness (QED) is 0.483. The molecule has 0 bridgehead atoms. The summed E-state index contributed by atoms with van der Waals surface area (Å²) in [5.74, 6) is 0.495. The van der Waals surface area contributed by atoms with Gasteiger partial charge in [0.2, 0.25) is 0 Å². The zero-order valence-corrected chi connectivity index (χ0v) is 18.3. The van der Waals surface area contributed by atoms with E-state index in [0.29, 0.717) is 35.3 Å². The Labute approximate surface area is 187 Å². The molecule has 0 saturated heterocycles. The van der Waals surface area contributed by atoms with Crippen molar-refractivity contribution in [2.24, 2.45) is 5.73 Å². The molecule has 0 heterocycles. The van der Waals surface area contributed by atoms with Gasteiger partial charge in [0.1, 0.15) is 12.4 Å². The Morgan fingerprint density at radius 1 is 0.967 bits per heavy atom. The lowest BCUT2D eigenvalue weighted by Gasteiger charge is -2.23. The number of hydrogen-bond donors (Lipinski definition) is 1. The Morgan fingerprint density at radius 2 is 1.63 bits per heavy atom. The van der Waals surface area contributed by atoms with Crippen LogP contribution in [-0.4, -0.2) is 19.0 Å². The Hall–Kier alpha value is -2.53. The summed E-state index contributed by atoms with van der Waals surface area (Å²) in [7, 11) is 0. The first-order chi connectivity index (χ1) is 14.5. The number of carbonyl (C=O) groups is 1. The number of carbonyl (C=O) groups excluding carboxylic acids is 1. The van der Waals surface area contributed by atoms with E-state index in [-0.39, 0.29) is 5.91 Å². The van der Waals surface area contributed by atoms with E-state index >= 15 is 0 Å². The van der Waals surface area contributed by atoms with Crippen molar-refractivity contribution in [3.63, 3.8) is 0 Å². The zero-order valence-electron chi connectivity index (χ0n) is 16.8. The average Bonchev–Trinajstić information content (AvgIpc) is 2.76. The summed E-state index contributed by atoms with van der Waals surface area (Å²) in [4.78, 5) is 14.6. The Morgan fingerprint density at radius 3 is 2.23 bits per heavy atom. The summed E-state index contributed by atoms with van der Waals surface area (Å²) in [5, 5.41) is 0.788. The fraction of sp³-hybridized carbons (Fsp3) is 0.208. The van der Waals surface area contributed by atoms with Gasteiger partial charge in [0.05, 0.1) is 10.6 Å². The van der Waals surface area contributed by atoms with Crippen molar-refractivity contribution >= 4 is 34.8 Å². The van der Waals surface area contributed by atoms with Crippen LogP contribution < -0.4 is 15.4 Å². The van der Waals surface area contributed by atoms with E-state index in [1.54, 1.807) is 23.1 Å². The van der Waals surface area contributed by atoms with E-state index in [0.717, 1.165) is 23.4 Å². The number of aryl methyl sites for hydroxylation is 1. The maximum atomic E-state index is 13.0. The van der Waals surface area contributed by atoms with Gasteiger partial charge < -0.3 is 15.4 Å². The number of nitrogens with two attached hydrogens (primary N) is 1. The Bertz CT molecular complexity index is 989. The average molecular weight is 443 g/mol. The number of hydrogen-bond acceptors (Lipinski definition) is 3. The Balaban J connectivity index is 1.71. The first-order valence-corrected chi connectivity index (χ1v) is 10.5. The third-order valence-corrected chi connectivity index (χ3v) is 5.29. The van der Waals surface area contributed by atoms with Crippen molar-refractivity contribution < 1.29 is 9.53 Å². The summed E-state index contributed by atoms with van der Waals surface area (Å²) in [5.41, 5.74) is 9.24. The number of anilines is 1. The predicted molar refractivity (Wildman–Crippen MR) is 124 cm³/mol. The lowest BCUT2D eigenvalue weighted by molar-refractivity contribution is 0.0987. The van der Waals surface area contributed by atoms with E-state index in [4.69, 9.17) is 33.7 Å². The molecule has 0 radical (unpaired) electrons. The molecule has 1 amide bonds. The maximum absolute atomic E-state index is 13.0. The van der Waals surface area contributed by atoms with Gasteiger partial charge in [-0.3, -0.25) is 4.79 Å². The minimum atomic E-state index is -0.230. The normalized spacial score (nSPS) is 10.7. The van der Waals surface area contributed by atoms with Gasteiger partial charge in [-0.15, -0.1) is 0 Å². The molecule has 0 spiro atoms. The molecule has 156 valence electrons. The molecule has 6 heteroatoms. The van der Waals surface area contributed by atoms with Crippen molar-refractivity contribution in [1.29, 1.82) is 0 Å². The molecule has 0 fully saturated rings. The highest BCUT2D eigenvalue weighted by Gasteiger charge is 2.20. The van der Waals surface area contributed by atoms with Crippen LogP contribution in [0.15, 0.2) is 66.7 Å². The van der Waals surface area contributed by atoms with Crippen LogP contribution >= 0.6 is 23.2 Å². The van der Waals surface area contributed by atoms with Gasteiger partial charge in [-0.2, -0.15) is 0 Å². The molecule has 3 aromatic rings. The highest BCUT2D eigenvalue weighted by atomic mass is 35.5. The van der Waals surface area contributed by atoms with Crippen LogP contribution in [0.2, 0.25) is 10.0 Å². The maximum Gasteiger partial charge on any atom is 0.259 e. The van der Waals surface area contributed by atoms with E-state index in [2.05, 4.69) is 31.2 Å². The monoisotopic (exact) mass is 442 g/mol. The fourth-order valence-electron chi connectivity index (χ4n) is 3.05. The number of nitrogens with zero attached hydrogens (tertiary/aromatic N) is 1. The molecule has 0 aliphatic carbocycles. The summed E-state index contributed by atoms with van der Waals surface area (Å²) >= 11 is 12.2. The second kappa shape index (κ2) is 10.5. The van der Waals surface area contributed by atoms with E-state index < -0.39 is 0 Å². The highest BCUT2D eigenvalue weighted by Crippen LogP contribution is 2.26. The van der Waals surface area contributed by atoms with Crippen LogP contribution in [0, 0.1) is 0 Å². The van der Waals surface area contributed by atoms with Crippen molar-refractivity contribution in [2.75, 3.05) is 18.0 Å². The lowest BCUT2D eigenvalue weighted by Crippen LogP contribution is -2.35. The van der Waals surface area contributed by atoms with Gasteiger partial charge >= 0.3 is 0 Å². The van der Waals surface area contributed by atoms with Crippen molar-refractivity contribution in [2.45, 2.75) is 20.0 Å². The Kier molecular flexibility index (Phi) is 7.75. The first-order valence-electron chi connectivity index (χ1n) is 9.79. The largest absolute Gasteiger partial charge is 0.489 e. The summed E-state index contributed by atoms with van der Waals surface area (Å²) < 4.78 is 5.87. The van der Waals surface area contributed by atoms with Gasteiger partial charge in [-0.05, 0) is 60.0 Å². The molecule has 4 nitrogen and oxygen atoms in total. The van der Waals surface area contributed by atoms with Gasteiger partial charge in [0.15, 0.2) is 0 Å². The zero-order chi connectivity index (χ0) is 21.5. The van der Waals surface area contributed by atoms with Gasteiger partial charge in [0, 0.05) is 23.8 Å². The van der Waals surface area contributed by atoms with E-state index in [1.807, 2.05) is 24.3 Å². The van der Waals surface area contributed by atoms with Crippen molar-refractivity contribution in [3.05, 3.63) is 93.5 Å². The van der Waals surface area contributed by atoms with Crippen LogP contribution in [0.25, 0.3) is 0 Å². The molecular formula is C24H24Cl2N2O2. The SMILES string of the molecule is CCc1ccc(COc2ccc(N(CCN)C(=O)c3ccc(Cl)cc3Cl)cc2)cc1. The minimum absolute atomic E-state index is 0.230. The molecule has 0 atom stereocenters. The summed E-state index contributed by atoms with van der Waals surface area (Å²) in [6.07, 6.45) is 1.02. The second-order valence-electron chi connectivity index (χ2n) is 6.82. The van der Waals surface area contributed by atoms with Crippen LogP contribution in [0.5, 0.6) is 5.75 Å². The number of rotatable bonds is 8. The molecule has 0 aliphatic rings. The second-order valence-corrected chi connectivity index (χ2v) is 7.67. The molecule has 3 rings (SSSR count). The topological polar surface area (TPSA) is 55.6 Å². The molecule has 0 aromatic heterocycles. The number of benzene rings is 3. The van der Waals surface area contributed by atoms with Crippen LogP contribution in [0.3, 0.4) is 0 Å². The molecule has 3 aromatic carbocycles. The molecule has 0 saturated carbocycles. The molecular weight excluding hydrogens is 419 g/mol. The van der Waals surface area contributed by atoms with Gasteiger partial charge in [-0.1, -0.05) is 54.4 Å². The third kappa shape index (κ3) is 5.54. The van der Waals surface area contributed by atoms with Crippen LogP contribution in [-0.2, 0) is 13.0 Å². The standard InChI is InChI=1S/C24H24Cl2N2O2/c1-2-17-3-5-18(6-4-17)16-30-21-10-8-20(9-11-21)28(14-13-27)24(29)22-12-7-19(25)15-23(22)26/h3-12,15H,2,13-14,16,27H2,1H3. The smallest absolute Gasteiger partial charge is 0.259 e.